The lowest BCUT2D eigenvalue weighted by Crippen LogP contribution is -2.22. The average Bonchev–Trinajstić information content (AvgIpc) is 2.54. The third-order valence-corrected chi connectivity index (χ3v) is 3.51. The number of nitrogens with one attached hydrogen (secondary N) is 3. The molecule has 0 heterocycles. The first-order chi connectivity index (χ1) is 11.5. The third-order valence-electron chi connectivity index (χ3n) is 3.51. The Morgan fingerprint density at radius 1 is 0.917 bits per heavy atom. The molecule has 0 aromatic heterocycles. The summed E-state index contributed by atoms with van der Waals surface area (Å²) in [6.45, 7) is 5.89. The molecule has 0 aliphatic heterocycles. The van der Waals surface area contributed by atoms with E-state index in [1.54, 1.807) is 24.3 Å². The molecule has 3 N–H and O–H groups in total. The number of carbonyl (C=O) groups is 2. The minimum absolute atomic E-state index is 0.124. The predicted octanol–water partition coefficient (Wildman–Crippen LogP) is 3.82. The molecule has 0 spiro atoms. The van der Waals surface area contributed by atoms with Crippen LogP contribution in [0.5, 0.6) is 0 Å². The summed E-state index contributed by atoms with van der Waals surface area (Å²) in [5, 5.41) is 8.70. The lowest BCUT2D eigenvalue weighted by molar-refractivity contribution is -0.115. The van der Waals surface area contributed by atoms with Crippen molar-refractivity contribution in [1.82, 2.24) is 0 Å². The molecule has 0 unspecified atom stereocenters. The van der Waals surface area contributed by atoms with Gasteiger partial charge in [0.05, 0.1) is 6.54 Å². The molecule has 0 fully saturated rings. The number of amides is 2. The van der Waals surface area contributed by atoms with Crippen molar-refractivity contribution in [1.29, 1.82) is 0 Å². The first-order valence-corrected chi connectivity index (χ1v) is 7.96. The van der Waals surface area contributed by atoms with E-state index >= 15 is 0 Å². The van der Waals surface area contributed by atoms with Gasteiger partial charge in [0.1, 0.15) is 0 Å². The Morgan fingerprint density at radius 3 is 2.08 bits per heavy atom. The van der Waals surface area contributed by atoms with Crippen LogP contribution < -0.4 is 16.0 Å². The fourth-order valence-electron chi connectivity index (χ4n) is 2.38. The van der Waals surface area contributed by atoms with Gasteiger partial charge in [-0.3, -0.25) is 9.59 Å². The quantitative estimate of drug-likeness (QED) is 0.756. The van der Waals surface area contributed by atoms with Crippen LogP contribution in [0.2, 0.25) is 0 Å². The summed E-state index contributed by atoms with van der Waals surface area (Å²) in [5.41, 5.74) is 3.55. The molecule has 24 heavy (non-hydrogen) atoms. The van der Waals surface area contributed by atoms with Gasteiger partial charge in [-0.15, -0.1) is 0 Å². The molecule has 0 radical (unpaired) electrons. The molecular formula is C19H23N3O2. The molecule has 0 aliphatic rings. The highest BCUT2D eigenvalue weighted by Crippen LogP contribution is 2.23. The van der Waals surface area contributed by atoms with Gasteiger partial charge >= 0.3 is 0 Å². The van der Waals surface area contributed by atoms with Crippen LogP contribution in [0.25, 0.3) is 0 Å². The average molecular weight is 325 g/mol. The largest absolute Gasteiger partial charge is 0.376 e. The van der Waals surface area contributed by atoms with E-state index in [9.17, 15) is 9.59 Å². The maximum absolute atomic E-state index is 12.1. The summed E-state index contributed by atoms with van der Waals surface area (Å²) in [6.07, 6.45) is 0. The van der Waals surface area contributed by atoms with Gasteiger partial charge in [0, 0.05) is 24.0 Å². The van der Waals surface area contributed by atoms with Crippen molar-refractivity contribution in [2.75, 3.05) is 22.5 Å². The third kappa shape index (κ3) is 5.12. The van der Waals surface area contributed by atoms with E-state index in [-0.39, 0.29) is 18.4 Å². The molecule has 0 saturated carbocycles. The van der Waals surface area contributed by atoms with Crippen LogP contribution in [0, 0.1) is 0 Å². The normalized spacial score (nSPS) is 10.3. The Balaban J connectivity index is 1.91. The van der Waals surface area contributed by atoms with Gasteiger partial charge in [0.2, 0.25) is 11.8 Å². The van der Waals surface area contributed by atoms with E-state index in [2.05, 4.69) is 35.9 Å². The highest BCUT2D eigenvalue weighted by molar-refractivity contribution is 5.94. The molecule has 5 heteroatoms. The van der Waals surface area contributed by atoms with Crippen LogP contribution in [0.1, 0.15) is 32.3 Å². The molecule has 0 atom stereocenters. The standard InChI is InChI=1S/C19H23N3O2/c1-13(2)17-6-4-5-7-18(17)20-12-19(24)22-16-10-8-15(9-11-16)21-14(3)23/h4-11,13,20H,12H2,1-3H3,(H,21,23)(H,22,24). The number of hydrogen-bond donors (Lipinski definition) is 3. The lowest BCUT2D eigenvalue weighted by Gasteiger charge is -2.14. The van der Waals surface area contributed by atoms with Crippen molar-refractivity contribution in [2.24, 2.45) is 0 Å². The molecule has 2 aromatic rings. The molecule has 5 nitrogen and oxygen atoms in total. The SMILES string of the molecule is CC(=O)Nc1ccc(NC(=O)CNc2ccccc2C(C)C)cc1. The van der Waals surface area contributed by atoms with Gasteiger partial charge in [-0.2, -0.15) is 0 Å². The van der Waals surface area contributed by atoms with Gasteiger partial charge in [-0.25, -0.2) is 0 Å². The number of rotatable bonds is 6. The van der Waals surface area contributed by atoms with Crippen LogP contribution in [-0.4, -0.2) is 18.4 Å². The van der Waals surface area contributed by atoms with E-state index < -0.39 is 0 Å². The first kappa shape index (κ1) is 17.5. The Bertz CT molecular complexity index is 709. The molecule has 2 rings (SSSR count). The summed E-state index contributed by atoms with van der Waals surface area (Å²) in [7, 11) is 0. The Morgan fingerprint density at radius 2 is 1.50 bits per heavy atom. The molecule has 0 saturated heterocycles. The highest BCUT2D eigenvalue weighted by Gasteiger charge is 2.07. The summed E-state index contributed by atoms with van der Waals surface area (Å²) in [5.74, 6) is 0.138. The van der Waals surface area contributed by atoms with Gasteiger partial charge in [-0.1, -0.05) is 32.0 Å². The second-order valence-corrected chi connectivity index (χ2v) is 5.90. The smallest absolute Gasteiger partial charge is 0.243 e. The van der Waals surface area contributed by atoms with Crippen LogP contribution in [0.15, 0.2) is 48.5 Å². The van der Waals surface area contributed by atoms with Crippen molar-refractivity contribution >= 4 is 28.9 Å². The molecular weight excluding hydrogens is 302 g/mol. The second-order valence-electron chi connectivity index (χ2n) is 5.90. The molecule has 2 aromatic carbocycles. The fraction of sp³-hybridized carbons (Fsp3) is 0.263. The van der Waals surface area contributed by atoms with Crippen molar-refractivity contribution < 1.29 is 9.59 Å². The van der Waals surface area contributed by atoms with E-state index in [0.29, 0.717) is 17.3 Å². The van der Waals surface area contributed by atoms with Gasteiger partial charge in [0.25, 0.3) is 0 Å². The summed E-state index contributed by atoms with van der Waals surface area (Å²) < 4.78 is 0. The minimum atomic E-state index is -0.125. The van der Waals surface area contributed by atoms with Crippen molar-refractivity contribution in [3.8, 4) is 0 Å². The van der Waals surface area contributed by atoms with Gasteiger partial charge in [-0.05, 0) is 41.8 Å². The Labute approximate surface area is 142 Å². The molecule has 2 amide bonds. The monoisotopic (exact) mass is 325 g/mol. The number of benzene rings is 2. The molecule has 126 valence electrons. The van der Waals surface area contributed by atoms with Crippen LogP contribution in [-0.2, 0) is 9.59 Å². The molecule has 0 bridgehead atoms. The zero-order valence-corrected chi connectivity index (χ0v) is 14.2. The van der Waals surface area contributed by atoms with E-state index in [4.69, 9.17) is 0 Å². The predicted molar refractivity (Wildman–Crippen MR) is 98.4 cm³/mol. The van der Waals surface area contributed by atoms with Crippen molar-refractivity contribution in [3.05, 3.63) is 54.1 Å². The fourth-order valence-corrected chi connectivity index (χ4v) is 2.38. The van der Waals surface area contributed by atoms with Crippen LogP contribution >= 0.6 is 0 Å². The number of hydrogen-bond acceptors (Lipinski definition) is 3. The number of anilines is 3. The Hall–Kier alpha value is -2.82. The molecule has 0 aliphatic carbocycles. The van der Waals surface area contributed by atoms with Crippen molar-refractivity contribution in [3.63, 3.8) is 0 Å². The maximum atomic E-state index is 12.1. The number of para-hydroxylation sites is 1. The highest BCUT2D eigenvalue weighted by atomic mass is 16.2. The first-order valence-electron chi connectivity index (χ1n) is 7.96. The van der Waals surface area contributed by atoms with Crippen molar-refractivity contribution in [2.45, 2.75) is 26.7 Å². The Kier molecular flexibility index (Phi) is 5.95. The van der Waals surface area contributed by atoms with Crippen LogP contribution in [0.4, 0.5) is 17.1 Å². The van der Waals surface area contributed by atoms with Crippen LogP contribution in [0.3, 0.4) is 0 Å². The summed E-state index contributed by atoms with van der Waals surface area (Å²) in [4.78, 5) is 23.1. The van der Waals surface area contributed by atoms with E-state index in [1.165, 1.54) is 12.5 Å². The van der Waals surface area contributed by atoms with Gasteiger partial charge in [0.15, 0.2) is 0 Å². The topological polar surface area (TPSA) is 70.2 Å². The zero-order chi connectivity index (χ0) is 17.5. The number of carbonyl (C=O) groups excluding carboxylic acids is 2. The summed E-state index contributed by atoms with van der Waals surface area (Å²) >= 11 is 0. The van der Waals surface area contributed by atoms with Gasteiger partial charge < -0.3 is 16.0 Å². The maximum Gasteiger partial charge on any atom is 0.243 e. The summed E-state index contributed by atoms with van der Waals surface area (Å²) in [6, 6.07) is 15.0. The van der Waals surface area contributed by atoms with E-state index in [0.717, 1.165) is 5.69 Å². The second kappa shape index (κ2) is 8.15. The zero-order valence-electron chi connectivity index (χ0n) is 14.2. The van der Waals surface area contributed by atoms with E-state index in [1.807, 2.05) is 18.2 Å². The minimum Gasteiger partial charge on any atom is -0.376 e. The lowest BCUT2D eigenvalue weighted by atomic mass is 10.0.